The lowest BCUT2D eigenvalue weighted by atomic mass is 10.3. The van der Waals surface area contributed by atoms with Gasteiger partial charge >= 0.3 is 0 Å². The van der Waals surface area contributed by atoms with Gasteiger partial charge in [-0.15, -0.1) is 0 Å². The molecular formula is C6H3ClF3NO2S. The monoisotopic (exact) mass is 245 g/mol. The highest BCUT2D eigenvalue weighted by molar-refractivity contribution is 8.13. The minimum atomic E-state index is -4.21. The van der Waals surface area contributed by atoms with E-state index in [1.54, 1.807) is 0 Å². The summed E-state index contributed by atoms with van der Waals surface area (Å²) in [6, 6.07) is 0.405. The maximum atomic E-state index is 12.6. The van der Waals surface area contributed by atoms with Crippen molar-refractivity contribution in [3.05, 3.63) is 23.6 Å². The first-order chi connectivity index (χ1) is 6.32. The van der Waals surface area contributed by atoms with Crippen molar-refractivity contribution in [2.75, 3.05) is 0 Å². The predicted octanol–water partition coefficient (Wildman–Crippen LogP) is 2.09. The van der Waals surface area contributed by atoms with E-state index in [9.17, 15) is 21.6 Å². The van der Waals surface area contributed by atoms with Crippen LogP contribution in [0.5, 0.6) is 0 Å². The van der Waals surface area contributed by atoms with E-state index in [1.165, 1.54) is 0 Å². The summed E-state index contributed by atoms with van der Waals surface area (Å²) >= 11 is 0. The molecule has 0 aliphatic rings. The maximum Gasteiger partial charge on any atom is 0.278 e. The Balaban J connectivity index is 3.34. The van der Waals surface area contributed by atoms with Crippen molar-refractivity contribution in [3.63, 3.8) is 0 Å². The van der Waals surface area contributed by atoms with Gasteiger partial charge in [0.15, 0.2) is 5.03 Å². The molecule has 0 saturated heterocycles. The van der Waals surface area contributed by atoms with Crippen LogP contribution < -0.4 is 0 Å². The molecule has 0 aromatic carbocycles. The maximum absolute atomic E-state index is 12.6. The molecule has 0 aliphatic carbocycles. The molecule has 0 atom stereocenters. The van der Waals surface area contributed by atoms with Gasteiger partial charge in [0.05, 0.1) is 11.8 Å². The number of halogens is 4. The smallest absolute Gasteiger partial charge is 0.240 e. The molecule has 78 valence electrons. The minimum absolute atomic E-state index is 0.386. The van der Waals surface area contributed by atoms with Crippen LogP contribution in [0.2, 0.25) is 0 Å². The van der Waals surface area contributed by atoms with E-state index in [0.717, 1.165) is 0 Å². The number of hydrogen-bond acceptors (Lipinski definition) is 3. The van der Waals surface area contributed by atoms with E-state index in [1.807, 2.05) is 0 Å². The van der Waals surface area contributed by atoms with Gasteiger partial charge in [-0.2, -0.15) is 0 Å². The molecule has 0 bridgehead atoms. The second-order valence-corrected chi connectivity index (χ2v) is 4.80. The fourth-order valence-corrected chi connectivity index (χ4v) is 1.43. The van der Waals surface area contributed by atoms with Gasteiger partial charge in [-0.25, -0.2) is 26.6 Å². The molecule has 0 spiro atoms. The van der Waals surface area contributed by atoms with Gasteiger partial charge in [0.25, 0.3) is 15.5 Å². The average Bonchev–Trinajstić information content (AvgIpc) is 2.02. The lowest BCUT2D eigenvalue weighted by Crippen LogP contribution is -2.00. The molecule has 1 aromatic heterocycles. The Hall–Kier alpha value is -0.820. The number of hydrogen-bond donors (Lipinski definition) is 0. The summed E-state index contributed by atoms with van der Waals surface area (Å²) in [5.41, 5.74) is -1.04. The Morgan fingerprint density at radius 1 is 1.43 bits per heavy atom. The summed E-state index contributed by atoms with van der Waals surface area (Å²) in [4.78, 5) is 3.06. The summed E-state index contributed by atoms with van der Waals surface area (Å²) in [5.74, 6) is -1.27. The van der Waals surface area contributed by atoms with Crippen LogP contribution in [0.1, 0.15) is 12.0 Å². The van der Waals surface area contributed by atoms with Crippen LogP contribution in [0.25, 0.3) is 0 Å². The largest absolute Gasteiger partial charge is 0.278 e. The summed E-state index contributed by atoms with van der Waals surface area (Å²) in [6.45, 7) is 0. The molecule has 8 heteroatoms. The third-order valence-electron chi connectivity index (χ3n) is 1.34. The molecule has 3 nitrogen and oxygen atoms in total. The van der Waals surface area contributed by atoms with Crippen LogP contribution in [0.3, 0.4) is 0 Å². The van der Waals surface area contributed by atoms with Crippen LogP contribution in [0.15, 0.2) is 17.3 Å². The van der Waals surface area contributed by atoms with Gasteiger partial charge in [0.2, 0.25) is 0 Å². The van der Waals surface area contributed by atoms with Crippen molar-refractivity contribution in [2.24, 2.45) is 0 Å². The van der Waals surface area contributed by atoms with Crippen molar-refractivity contribution in [1.82, 2.24) is 4.98 Å². The van der Waals surface area contributed by atoms with Crippen molar-refractivity contribution in [3.8, 4) is 0 Å². The minimum Gasteiger partial charge on any atom is -0.240 e. The number of alkyl halides is 2. The predicted molar refractivity (Wildman–Crippen MR) is 42.2 cm³/mol. The van der Waals surface area contributed by atoms with Crippen molar-refractivity contribution >= 4 is 19.7 Å². The quantitative estimate of drug-likeness (QED) is 0.750. The zero-order valence-corrected chi connectivity index (χ0v) is 7.99. The first kappa shape index (κ1) is 11.3. The molecule has 0 amide bonds. The Kier molecular flexibility index (Phi) is 3.01. The number of aromatic nitrogens is 1. The van der Waals surface area contributed by atoms with Crippen LogP contribution >= 0.6 is 10.7 Å². The fraction of sp³-hybridized carbons (Fsp3) is 0.167. The van der Waals surface area contributed by atoms with Gasteiger partial charge in [-0.3, -0.25) is 0 Å². The first-order valence-electron chi connectivity index (χ1n) is 3.20. The number of rotatable bonds is 2. The van der Waals surface area contributed by atoms with Gasteiger partial charge in [0, 0.05) is 10.7 Å². The lowest BCUT2D eigenvalue weighted by Gasteiger charge is -2.02. The Morgan fingerprint density at radius 2 is 2.00 bits per heavy atom. The lowest BCUT2D eigenvalue weighted by molar-refractivity contribution is 0.145. The van der Waals surface area contributed by atoms with Gasteiger partial charge in [0.1, 0.15) is 5.82 Å². The number of pyridine rings is 1. The third kappa shape index (κ3) is 2.36. The fourth-order valence-electron chi connectivity index (χ4n) is 0.735. The summed E-state index contributed by atoms with van der Waals surface area (Å²) in [6.07, 6.45) is -2.73. The number of nitrogens with zero attached hydrogens (tertiary/aromatic N) is 1. The first-order valence-corrected chi connectivity index (χ1v) is 5.51. The molecule has 0 aliphatic heterocycles. The molecule has 1 aromatic rings. The molecule has 1 rings (SSSR count). The molecule has 0 N–H and O–H groups in total. The molecule has 0 radical (unpaired) electrons. The van der Waals surface area contributed by atoms with Crippen molar-refractivity contribution in [2.45, 2.75) is 11.5 Å². The standard InChI is InChI=1S/C6H3ClF3NO2S/c7-14(12,13)5-1-3(6(9)10)4(8)2-11-5/h1-2,6H. The Labute approximate surface area is 81.9 Å². The Morgan fingerprint density at radius 3 is 2.43 bits per heavy atom. The van der Waals surface area contributed by atoms with E-state index in [0.29, 0.717) is 12.3 Å². The third-order valence-corrected chi connectivity index (χ3v) is 2.54. The zero-order chi connectivity index (χ0) is 10.9. The topological polar surface area (TPSA) is 47.0 Å². The van der Waals surface area contributed by atoms with Gasteiger partial charge < -0.3 is 0 Å². The second-order valence-electron chi connectivity index (χ2n) is 2.28. The molecule has 0 fully saturated rings. The van der Waals surface area contributed by atoms with Crippen molar-refractivity contribution in [1.29, 1.82) is 0 Å². The van der Waals surface area contributed by atoms with Gasteiger partial charge in [-0.1, -0.05) is 0 Å². The van der Waals surface area contributed by atoms with E-state index in [2.05, 4.69) is 4.98 Å². The second kappa shape index (κ2) is 3.74. The molecule has 1 heterocycles. The van der Waals surface area contributed by atoms with Crippen LogP contribution in [0, 0.1) is 5.82 Å². The normalized spacial score (nSPS) is 12.1. The average molecular weight is 246 g/mol. The highest BCUT2D eigenvalue weighted by atomic mass is 35.7. The highest BCUT2D eigenvalue weighted by Gasteiger charge is 2.19. The van der Waals surface area contributed by atoms with E-state index in [4.69, 9.17) is 10.7 Å². The van der Waals surface area contributed by atoms with E-state index in [-0.39, 0.29) is 0 Å². The van der Waals surface area contributed by atoms with E-state index < -0.39 is 31.9 Å². The zero-order valence-electron chi connectivity index (χ0n) is 6.42. The SMILES string of the molecule is O=S(=O)(Cl)c1cc(C(F)F)c(F)cn1. The molecular weight excluding hydrogens is 243 g/mol. The summed E-state index contributed by atoms with van der Waals surface area (Å²) < 4.78 is 58.1. The highest BCUT2D eigenvalue weighted by Crippen LogP contribution is 2.24. The van der Waals surface area contributed by atoms with Crippen LogP contribution in [-0.2, 0) is 9.05 Å². The summed E-state index contributed by atoms with van der Waals surface area (Å²) in [7, 11) is 0.615. The van der Waals surface area contributed by atoms with E-state index >= 15 is 0 Å². The van der Waals surface area contributed by atoms with Crippen molar-refractivity contribution < 1.29 is 21.6 Å². The summed E-state index contributed by atoms with van der Waals surface area (Å²) in [5, 5.41) is -0.795. The Bertz CT molecular complexity index is 448. The van der Waals surface area contributed by atoms with Crippen LogP contribution in [-0.4, -0.2) is 13.4 Å². The van der Waals surface area contributed by atoms with Crippen LogP contribution in [0.4, 0.5) is 13.2 Å². The molecule has 0 unspecified atom stereocenters. The molecule has 14 heavy (non-hydrogen) atoms. The van der Waals surface area contributed by atoms with Gasteiger partial charge in [-0.05, 0) is 6.07 Å². The molecule has 0 saturated carbocycles.